The number of carbonyl (C=O) groups is 3. The molecule has 0 aliphatic carbocycles. The van der Waals surface area contributed by atoms with E-state index in [0.717, 1.165) is 0 Å². The van der Waals surface area contributed by atoms with Crippen molar-refractivity contribution in [3.63, 3.8) is 0 Å². The van der Waals surface area contributed by atoms with Crippen LogP contribution in [0.5, 0.6) is 0 Å². The summed E-state index contributed by atoms with van der Waals surface area (Å²) in [6, 6.07) is -0.537. The Labute approximate surface area is 103 Å². The number of amides is 4. The highest BCUT2D eigenvalue weighted by atomic mass is 16.6. The second-order valence-corrected chi connectivity index (χ2v) is 4.35. The predicted molar refractivity (Wildman–Crippen MR) is 58.6 cm³/mol. The molecule has 0 bridgehead atoms. The lowest BCUT2D eigenvalue weighted by molar-refractivity contribution is -0.125. The highest BCUT2D eigenvalue weighted by Crippen LogP contribution is 2.24. The van der Waals surface area contributed by atoms with E-state index in [1.807, 2.05) is 0 Å². The van der Waals surface area contributed by atoms with Crippen molar-refractivity contribution in [2.45, 2.75) is 18.4 Å². The highest BCUT2D eigenvalue weighted by Gasteiger charge is 2.49. The summed E-state index contributed by atoms with van der Waals surface area (Å²) in [6.45, 7) is 0.229. The Morgan fingerprint density at radius 3 is 2.89 bits per heavy atom. The van der Waals surface area contributed by atoms with Crippen molar-refractivity contribution in [1.82, 2.24) is 15.5 Å². The predicted octanol–water partition coefficient (Wildman–Crippen LogP) is -1.21. The standard InChI is InChI=1S/C10H15N3O5/c14-4-5-18-9(17)13-3-1-2-10(6-13)7(15)11-8(16)12-10/h14H,1-6H2,(H2,11,12,15,16). The minimum atomic E-state index is -1.03. The monoisotopic (exact) mass is 257 g/mol. The lowest BCUT2D eigenvalue weighted by Crippen LogP contribution is -2.59. The molecule has 2 fully saturated rings. The summed E-state index contributed by atoms with van der Waals surface area (Å²) in [5.41, 5.74) is -1.03. The number of carbonyl (C=O) groups excluding carboxylic acids is 3. The van der Waals surface area contributed by atoms with Gasteiger partial charge in [0.1, 0.15) is 12.1 Å². The second kappa shape index (κ2) is 4.81. The van der Waals surface area contributed by atoms with Gasteiger partial charge in [0.25, 0.3) is 5.91 Å². The number of nitrogens with one attached hydrogen (secondary N) is 2. The molecule has 100 valence electrons. The van der Waals surface area contributed by atoms with Gasteiger partial charge >= 0.3 is 12.1 Å². The van der Waals surface area contributed by atoms with Gasteiger partial charge in [-0.25, -0.2) is 9.59 Å². The fourth-order valence-corrected chi connectivity index (χ4v) is 2.25. The van der Waals surface area contributed by atoms with Crippen molar-refractivity contribution in [1.29, 1.82) is 0 Å². The number of ether oxygens (including phenoxy) is 1. The van der Waals surface area contributed by atoms with Gasteiger partial charge in [-0.3, -0.25) is 10.1 Å². The maximum atomic E-state index is 11.7. The molecule has 0 radical (unpaired) electrons. The maximum Gasteiger partial charge on any atom is 0.409 e. The van der Waals surface area contributed by atoms with E-state index in [-0.39, 0.29) is 19.8 Å². The Bertz CT molecular complexity index is 386. The van der Waals surface area contributed by atoms with Gasteiger partial charge in [0.05, 0.1) is 13.2 Å². The molecule has 1 spiro atoms. The van der Waals surface area contributed by atoms with Crippen LogP contribution in [0.1, 0.15) is 12.8 Å². The van der Waals surface area contributed by atoms with Crippen LogP contribution in [0.2, 0.25) is 0 Å². The van der Waals surface area contributed by atoms with Crippen LogP contribution in [0.3, 0.4) is 0 Å². The summed E-state index contributed by atoms with van der Waals surface area (Å²) < 4.78 is 4.79. The van der Waals surface area contributed by atoms with Crippen molar-refractivity contribution in [3.8, 4) is 0 Å². The zero-order chi connectivity index (χ0) is 13.2. The Kier molecular flexibility index (Phi) is 3.37. The zero-order valence-corrected chi connectivity index (χ0v) is 9.77. The Morgan fingerprint density at radius 1 is 1.50 bits per heavy atom. The minimum Gasteiger partial charge on any atom is -0.447 e. The number of rotatable bonds is 2. The molecule has 0 aromatic rings. The van der Waals surface area contributed by atoms with E-state index in [1.165, 1.54) is 4.90 Å². The first kappa shape index (κ1) is 12.6. The molecular weight excluding hydrogens is 242 g/mol. The number of piperidine rings is 1. The van der Waals surface area contributed by atoms with Crippen LogP contribution in [-0.4, -0.2) is 59.9 Å². The molecule has 3 N–H and O–H groups in total. The van der Waals surface area contributed by atoms with Gasteiger partial charge in [-0.1, -0.05) is 0 Å². The average Bonchev–Trinajstić information content (AvgIpc) is 2.61. The third-order valence-electron chi connectivity index (χ3n) is 3.08. The Hall–Kier alpha value is -1.83. The number of urea groups is 1. The van der Waals surface area contributed by atoms with Crippen LogP contribution >= 0.6 is 0 Å². The van der Waals surface area contributed by atoms with Crippen LogP contribution in [0.25, 0.3) is 0 Å². The minimum absolute atomic E-state index is 0.0825. The zero-order valence-electron chi connectivity index (χ0n) is 9.77. The number of aliphatic hydroxyl groups is 1. The molecule has 8 heteroatoms. The summed E-state index contributed by atoms with van der Waals surface area (Å²) in [5, 5.41) is 13.3. The summed E-state index contributed by atoms with van der Waals surface area (Å²) in [7, 11) is 0. The van der Waals surface area contributed by atoms with Gasteiger partial charge in [-0.2, -0.15) is 0 Å². The Balaban J connectivity index is 2.02. The Morgan fingerprint density at radius 2 is 2.28 bits per heavy atom. The topological polar surface area (TPSA) is 108 Å². The van der Waals surface area contributed by atoms with Gasteiger partial charge in [-0.05, 0) is 12.8 Å². The van der Waals surface area contributed by atoms with Crippen molar-refractivity contribution in [2.75, 3.05) is 26.3 Å². The van der Waals surface area contributed by atoms with E-state index >= 15 is 0 Å². The smallest absolute Gasteiger partial charge is 0.409 e. The molecule has 8 nitrogen and oxygen atoms in total. The number of hydrogen-bond donors (Lipinski definition) is 3. The second-order valence-electron chi connectivity index (χ2n) is 4.35. The molecule has 0 saturated carbocycles. The third kappa shape index (κ3) is 2.23. The normalized spacial score (nSPS) is 27.1. The maximum absolute atomic E-state index is 11.7. The van der Waals surface area contributed by atoms with E-state index in [1.54, 1.807) is 0 Å². The SMILES string of the molecule is O=C1NC(=O)C2(CCCN(C(=O)OCCO)C2)N1. The lowest BCUT2D eigenvalue weighted by Gasteiger charge is -2.37. The molecule has 2 rings (SSSR count). The summed E-state index contributed by atoms with van der Waals surface area (Å²) in [6.07, 6.45) is 0.507. The first-order valence-electron chi connectivity index (χ1n) is 5.73. The average molecular weight is 257 g/mol. The van der Waals surface area contributed by atoms with Gasteiger partial charge in [0.2, 0.25) is 0 Å². The molecule has 1 unspecified atom stereocenters. The van der Waals surface area contributed by atoms with Gasteiger partial charge in [-0.15, -0.1) is 0 Å². The third-order valence-corrected chi connectivity index (χ3v) is 3.08. The van der Waals surface area contributed by atoms with Crippen LogP contribution in [-0.2, 0) is 9.53 Å². The molecule has 4 amide bonds. The van der Waals surface area contributed by atoms with E-state index in [9.17, 15) is 14.4 Å². The molecule has 2 aliphatic heterocycles. The van der Waals surface area contributed by atoms with Crippen molar-refractivity contribution in [3.05, 3.63) is 0 Å². The van der Waals surface area contributed by atoms with E-state index in [2.05, 4.69) is 10.6 Å². The number of hydrogen-bond acceptors (Lipinski definition) is 5. The molecule has 1 atom stereocenters. The van der Waals surface area contributed by atoms with Gasteiger partial charge in [0, 0.05) is 6.54 Å². The quantitative estimate of drug-likeness (QED) is 0.538. The molecule has 0 aromatic carbocycles. The molecular formula is C10H15N3O5. The van der Waals surface area contributed by atoms with Crippen LogP contribution < -0.4 is 10.6 Å². The van der Waals surface area contributed by atoms with Gasteiger partial charge < -0.3 is 20.1 Å². The number of imide groups is 1. The first-order chi connectivity index (χ1) is 8.57. The lowest BCUT2D eigenvalue weighted by atomic mass is 9.89. The molecule has 18 heavy (non-hydrogen) atoms. The fourth-order valence-electron chi connectivity index (χ4n) is 2.25. The van der Waals surface area contributed by atoms with Crippen molar-refractivity contribution >= 4 is 18.0 Å². The van der Waals surface area contributed by atoms with Crippen molar-refractivity contribution < 1.29 is 24.2 Å². The fraction of sp³-hybridized carbons (Fsp3) is 0.700. The van der Waals surface area contributed by atoms with Crippen molar-refractivity contribution in [2.24, 2.45) is 0 Å². The number of likely N-dealkylation sites (tertiary alicyclic amines) is 1. The largest absolute Gasteiger partial charge is 0.447 e. The number of aliphatic hydroxyl groups excluding tert-OH is 1. The first-order valence-corrected chi connectivity index (χ1v) is 5.73. The van der Waals surface area contributed by atoms with Crippen LogP contribution in [0.4, 0.5) is 9.59 Å². The molecule has 2 saturated heterocycles. The summed E-state index contributed by atoms with van der Waals surface area (Å²) in [4.78, 5) is 35.9. The molecule has 2 aliphatic rings. The van der Waals surface area contributed by atoms with E-state index in [0.29, 0.717) is 19.4 Å². The highest BCUT2D eigenvalue weighted by molar-refractivity contribution is 6.07. The summed E-state index contributed by atoms with van der Waals surface area (Å²) in [5.74, 6) is -0.410. The van der Waals surface area contributed by atoms with Crippen LogP contribution in [0, 0.1) is 0 Å². The molecule has 2 heterocycles. The van der Waals surface area contributed by atoms with Crippen LogP contribution in [0.15, 0.2) is 0 Å². The van der Waals surface area contributed by atoms with E-state index < -0.39 is 23.6 Å². The molecule has 0 aromatic heterocycles. The van der Waals surface area contributed by atoms with E-state index in [4.69, 9.17) is 9.84 Å². The van der Waals surface area contributed by atoms with Gasteiger partial charge in [0.15, 0.2) is 0 Å². The number of nitrogens with zero attached hydrogens (tertiary/aromatic N) is 1. The summed E-state index contributed by atoms with van der Waals surface area (Å²) >= 11 is 0.